The second-order valence-electron chi connectivity index (χ2n) is 5.84. The summed E-state index contributed by atoms with van der Waals surface area (Å²) in [4.78, 5) is 23.8. The molecule has 0 saturated heterocycles. The third-order valence-electron chi connectivity index (χ3n) is 4.28. The van der Waals surface area contributed by atoms with Gasteiger partial charge in [0.25, 0.3) is 0 Å². The van der Waals surface area contributed by atoms with Crippen LogP contribution in [0.3, 0.4) is 0 Å². The summed E-state index contributed by atoms with van der Waals surface area (Å²) in [6.45, 7) is 1.47. The quantitative estimate of drug-likeness (QED) is 0.707. The largest absolute Gasteiger partial charge is 0.355 e. The van der Waals surface area contributed by atoms with E-state index in [1.165, 1.54) is 0 Å². The first kappa shape index (κ1) is 16.5. The lowest BCUT2D eigenvalue weighted by atomic mass is 9.95. The van der Waals surface area contributed by atoms with Crippen molar-refractivity contribution in [3.63, 3.8) is 0 Å². The van der Waals surface area contributed by atoms with E-state index in [4.69, 9.17) is 5.73 Å². The fourth-order valence-electron chi connectivity index (χ4n) is 2.98. The molecule has 4 N–H and O–H groups in total. The van der Waals surface area contributed by atoms with Crippen LogP contribution >= 0.6 is 0 Å². The molecule has 1 aliphatic rings. The molecule has 22 heavy (non-hydrogen) atoms. The molecule has 1 aromatic carbocycles. The zero-order valence-corrected chi connectivity index (χ0v) is 12.9. The molecule has 0 bridgehead atoms. The Morgan fingerprint density at radius 1 is 1.14 bits per heavy atom. The number of amides is 2. The Balaban J connectivity index is 1.63. The van der Waals surface area contributed by atoms with Gasteiger partial charge in [0.05, 0.1) is 0 Å². The molecule has 1 fully saturated rings. The highest BCUT2D eigenvalue weighted by atomic mass is 16.2. The van der Waals surface area contributed by atoms with Crippen LogP contribution in [0, 0.1) is 11.8 Å². The van der Waals surface area contributed by atoms with E-state index < -0.39 is 0 Å². The predicted molar refractivity (Wildman–Crippen MR) is 85.8 cm³/mol. The van der Waals surface area contributed by atoms with E-state index in [-0.39, 0.29) is 17.7 Å². The number of nitrogens with one attached hydrogen (secondary N) is 2. The van der Waals surface area contributed by atoms with Crippen LogP contribution < -0.4 is 16.4 Å². The zero-order chi connectivity index (χ0) is 15.8. The number of benzene rings is 1. The molecule has 2 rings (SSSR count). The molecule has 0 spiro atoms. The van der Waals surface area contributed by atoms with Gasteiger partial charge < -0.3 is 16.4 Å². The third-order valence-corrected chi connectivity index (χ3v) is 4.28. The second-order valence-corrected chi connectivity index (χ2v) is 5.84. The summed E-state index contributed by atoms with van der Waals surface area (Å²) in [6, 6.07) is 9.76. The molecule has 0 radical (unpaired) electrons. The Kier molecular flexibility index (Phi) is 6.40. The number of hydrogen-bond donors (Lipinski definition) is 3. The zero-order valence-electron chi connectivity index (χ0n) is 12.9. The number of carbonyl (C=O) groups is 2. The molecule has 1 saturated carbocycles. The van der Waals surface area contributed by atoms with Crippen molar-refractivity contribution in [1.29, 1.82) is 0 Å². The first-order chi connectivity index (χ1) is 10.7. The number of carbonyl (C=O) groups excluding carboxylic acids is 2. The highest BCUT2D eigenvalue weighted by molar-refractivity contribution is 5.81. The summed E-state index contributed by atoms with van der Waals surface area (Å²) < 4.78 is 0. The second kappa shape index (κ2) is 8.54. The topological polar surface area (TPSA) is 84.2 Å². The molecule has 120 valence electrons. The number of rotatable bonds is 7. The SMILES string of the molecule is NC[C@H]1CCC[C@H]1C(=O)NCCC(=O)NCc1ccccc1. The molecule has 2 atom stereocenters. The van der Waals surface area contributed by atoms with Crippen LogP contribution in [0.4, 0.5) is 0 Å². The van der Waals surface area contributed by atoms with E-state index in [2.05, 4.69) is 10.6 Å². The molecule has 5 nitrogen and oxygen atoms in total. The highest BCUT2D eigenvalue weighted by Crippen LogP contribution is 2.30. The molecule has 2 amide bonds. The Labute approximate surface area is 131 Å². The first-order valence-corrected chi connectivity index (χ1v) is 7.99. The van der Waals surface area contributed by atoms with Crippen molar-refractivity contribution in [2.45, 2.75) is 32.2 Å². The maximum absolute atomic E-state index is 12.1. The summed E-state index contributed by atoms with van der Waals surface area (Å²) >= 11 is 0. The lowest BCUT2D eigenvalue weighted by Gasteiger charge is -2.17. The van der Waals surface area contributed by atoms with Crippen LogP contribution in [0.2, 0.25) is 0 Å². The van der Waals surface area contributed by atoms with Gasteiger partial charge >= 0.3 is 0 Å². The number of nitrogens with two attached hydrogens (primary N) is 1. The summed E-state index contributed by atoms with van der Waals surface area (Å²) in [7, 11) is 0. The van der Waals surface area contributed by atoms with Gasteiger partial charge in [-0.05, 0) is 30.9 Å². The van der Waals surface area contributed by atoms with E-state index in [1.807, 2.05) is 30.3 Å². The fourth-order valence-corrected chi connectivity index (χ4v) is 2.98. The predicted octanol–water partition coefficient (Wildman–Crippen LogP) is 1.18. The summed E-state index contributed by atoms with van der Waals surface area (Å²) in [6.07, 6.45) is 3.32. The molecular formula is C17H25N3O2. The molecule has 5 heteroatoms. The van der Waals surface area contributed by atoms with Gasteiger partial charge in [0, 0.05) is 25.4 Å². The van der Waals surface area contributed by atoms with Gasteiger partial charge in [-0.1, -0.05) is 36.8 Å². The van der Waals surface area contributed by atoms with Crippen LogP contribution in [-0.4, -0.2) is 24.9 Å². The summed E-state index contributed by atoms with van der Waals surface area (Å²) in [5.41, 5.74) is 6.76. The Bertz CT molecular complexity index is 490. The smallest absolute Gasteiger partial charge is 0.223 e. The van der Waals surface area contributed by atoms with Gasteiger partial charge in [0.15, 0.2) is 0 Å². The summed E-state index contributed by atoms with van der Waals surface area (Å²) in [5, 5.41) is 5.71. The molecular weight excluding hydrogens is 278 g/mol. The van der Waals surface area contributed by atoms with Crippen molar-refractivity contribution in [2.24, 2.45) is 17.6 Å². The fraction of sp³-hybridized carbons (Fsp3) is 0.529. The molecule has 1 aromatic rings. The maximum atomic E-state index is 12.1. The van der Waals surface area contributed by atoms with Crippen molar-refractivity contribution in [2.75, 3.05) is 13.1 Å². The van der Waals surface area contributed by atoms with Crippen molar-refractivity contribution in [3.05, 3.63) is 35.9 Å². The van der Waals surface area contributed by atoms with E-state index in [0.717, 1.165) is 24.8 Å². The minimum atomic E-state index is -0.0500. The lowest BCUT2D eigenvalue weighted by Crippen LogP contribution is -2.37. The van der Waals surface area contributed by atoms with Gasteiger partial charge in [-0.15, -0.1) is 0 Å². The van der Waals surface area contributed by atoms with E-state index in [1.54, 1.807) is 0 Å². The maximum Gasteiger partial charge on any atom is 0.223 e. The van der Waals surface area contributed by atoms with Crippen LogP contribution in [0.1, 0.15) is 31.2 Å². The standard InChI is InChI=1S/C17H25N3O2/c18-11-14-7-4-8-15(14)17(22)19-10-9-16(21)20-12-13-5-2-1-3-6-13/h1-3,5-6,14-15H,4,7-12,18H2,(H,19,22)(H,20,21)/t14-,15-/m1/s1. The monoisotopic (exact) mass is 303 g/mol. The van der Waals surface area contributed by atoms with Crippen molar-refractivity contribution < 1.29 is 9.59 Å². The van der Waals surface area contributed by atoms with Crippen LogP contribution in [0.5, 0.6) is 0 Å². The molecule has 0 aromatic heterocycles. The average molecular weight is 303 g/mol. The molecule has 0 unspecified atom stereocenters. The molecule has 0 aliphatic heterocycles. The highest BCUT2D eigenvalue weighted by Gasteiger charge is 2.31. The molecule has 1 aliphatic carbocycles. The minimum absolute atomic E-state index is 0.0254. The van der Waals surface area contributed by atoms with Crippen molar-refractivity contribution >= 4 is 11.8 Å². The van der Waals surface area contributed by atoms with Gasteiger partial charge in [0.1, 0.15) is 0 Å². The summed E-state index contributed by atoms with van der Waals surface area (Å²) in [5.74, 6) is 0.319. The lowest BCUT2D eigenvalue weighted by molar-refractivity contribution is -0.126. The van der Waals surface area contributed by atoms with E-state index in [9.17, 15) is 9.59 Å². The Morgan fingerprint density at radius 2 is 1.91 bits per heavy atom. The van der Waals surface area contributed by atoms with E-state index >= 15 is 0 Å². The number of hydrogen-bond acceptors (Lipinski definition) is 3. The molecule has 0 heterocycles. The van der Waals surface area contributed by atoms with Gasteiger partial charge in [0.2, 0.25) is 11.8 Å². The van der Waals surface area contributed by atoms with Gasteiger partial charge in [-0.3, -0.25) is 9.59 Å². The minimum Gasteiger partial charge on any atom is -0.355 e. The van der Waals surface area contributed by atoms with Crippen molar-refractivity contribution in [1.82, 2.24) is 10.6 Å². The Morgan fingerprint density at radius 3 is 2.64 bits per heavy atom. The van der Waals surface area contributed by atoms with Gasteiger partial charge in [-0.25, -0.2) is 0 Å². The van der Waals surface area contributed by atoms with Crippen LogP contribution in [-0.2, 0) is 16.1 Å². The van der Waals surface area contributed by atoms with Crippen molar-refractivity contribution in [3.8, 4) is 0 Å². The first-order valence-electron chi connectivity index (χ1n) is 7.99. The van der Waals surface area contributed by atoms with Crippen LogP contribution in [0.25, 0.3) is 0 Å². The Hall–Kier alpha value is -1.88. The third kappa shape index (κ3) is 4.84. The van der Waals surface area contributed by atoms with Gasteiger partial charge in [-0.2, -0.15) is 0 Å². The van der Waals surface area contributed by atoms with Crippen LogP contribution in [0.15, 0.2) is 30.3 Å². The van der Waals surface area contributed by atoms with E-state index in [0.29, 0.717) is 32.0 Å². The normalized spacial score (nSPS) is 20.6. The average Bonchev–Trinajstić information content (AvgIpc) is 3.02.